The minimum absolute atomic E-state index is 0.00813. The van der Waals surface area contributed by atoms with Gasteiger partial charge in [-0.2, -0.15) is 5.10 Å². The van der Waals surface area contributed by atoms with E-state index in [2.05, 4.69) is 105 Å². The molecule has 10 rings (SSSR count). The molecule has 1 fully saturated rings. The van der Waals surface area contributed by atoms with Crippen molar-refractivity contribution in [1.82, 2.24) is 25.0 Å². The molecule has 2 aromatic heterocycles. The van der Waals surface area contributed by atoms with Crippen LogP contribution < -0.4 is 10.6 Å². The molecule has 2 aliphatic rings. The summed E-state index contributed by atoms with van der Waals surface area (Å²) >= 11 is 3.00. The molecule has 0 bridgehead atoms. The highest BCUT2D eigenvalue weighted by Crippen LogP contribution is 2.43. The number of aromatic nitrogens is 3. The van der Waals surface area contributed by atoms with Crippen molar-refractivity contribution in [2.75, 3.05) is 23.0 Å². The molecule has 0 saturated carbocycles. The van der Waals surface area contributed by atoms with E-state index in [4.69, 9.17) is 19.7 Å². The van der Waals surface area contributed by atoms with Gasteiger partial charge in [-0.15, -0.1) is 11.3 Å². The number of esters is 1. The van der Waals surface area contributed by atoms with Gasteiger partial charge in [0.25, 0.3) is 11.8 Å². The number of nitrogens with one attached hydrogen (secondary N) is 2. The van der Waals surface area contributed by atoms with Crippen LogP contribution >= 0.6 is 27.3 Å². The van der Waals surface area contributed by atoms with E-state index in [-0.39, 0.29) is 41.4 Å². The molecule has 16 heteroatoms. The molecule has 2 aliphatic heterocycles. The smallest absolute Gasteiger partial charge is 0.355 e. The number of hydrogen-bond acceptors (Lipinski definition) is 11. The maximum atomic E-state index is 14.8. The highest BCUT2D eigenvalue weighted by atomic mass is 79.9. The summed E-state index contributed by atoms with van der Waals surface area (Å²) in [7, 11) is 0. The Morgan fingerprint density at radius 3 is 1.77 bits per heavy atom. The van der Waals surface area contributed by atoms with Crippen molar-refractivity contribution >= 4 is 67.1 Å². The molecule has 1 unspecified atom stereocenters. The molecular formula is C59H52BrN7O6S2. The van der Waals surface area contributed by atoms with Gasteiger partial charge in [0.2, 0.25) is 5.37 Å². The number of ether oxygens (including phenoxy) is 1. The minimum atomic E-state index is -1.68. The number of carbonyl (C=O) groups is 3. The van der Waals surface area contributed by atoms with Gasteiger partial charge in [0.15, 0.2) is 23.5 Å². The number of benzene rings is 6. The fourth-order valence-electron chi connectivity index (χ4n) is 9.84. The number of nitrogens with zero attached hydrogens (tertiary/aromatic N) is 5. The molecule has 4 heterocycles. The number of anilines is 1. The first-order valence-corrected chi connectivity index (χ1v) is 27.9. The average Bonchev–Trinajstić information content (AvgIpc) is 4.15. The largest absolute Gasteiger partial charge is 0.614 e. The quantitative estimate of drug-likeness (QED) is 0.0111. The van der Waals surface area contributed by atoms with Crippen LogP contribution in [-0.4, -0.2) is 76.8 Å². The fourth-order valence-corrected chi connectivity index (χ4v) is 13.0. The van der Waals surface area contributed by atoms with E-state index >= 15 is 0 Å². The number of carbonyl (C=O) groups excluding carboxylic acids is 3. The maximum absolute atomic E-state index is 14.8. The Kier molecular flexibility index (Phi) is 15.5. The number of β-lactam (4-membered cyclic amide) rings is 1. The molecule has 0 spiro atoms. The van der Waals surface area contributed by atoms with Crippen LogP contribution in [0.2, 0.25) is 0 Å². The zero-order valence-electron chi connectivity index (χ0n) is 40.8. The Balaban J connectivity index is 1.00. The van der Waals surface area contributed by atoms with Crippen LogP contribution in [-0.2, 0) is 52.8 Å². The topological polar surface area (TPSA) is 163 Å². The Bertz CT molecular complexity index is 3120. The van der Waals surface area contributed by atoms with Gasteiger partial charge < -0.3 is 24.8 Å². The molecule has 2 amide bonds. The van der Waals surface area contributed by atoms with Crippen molar-refractivity contribution in [3.8, 4) is 0 Å². The molecule has 0 aliphatic carbocycles. The maximum Gasteiger partial charge on any atom is 0.355 e. The molecule has 0 radical (unpaired) electrons. The molecule has 6 aromatic carbocycles. The summed E-state index contributed by atoms with van der Waals surface area (Å²) in [6, 6.07) is 61.3. The predicted molar refractivity (Wildman–Crippen MR) is 295 cm³/mol. The number of fused-ring (bicyclic) bond motifs is 1. The number of unbranched alkanes of at least 4 members (excludes halogenated alkanes) is 1. The second-order valence-corrected chi connectivity index (χ2v) is 20.9. The van der Waals surface area contributed by atoms with Crippen molar-refractivity contribution in [3.63, 3.8) is 0 Å². The summed E-state index contributed by atoms with van der Waals surface area (Å²) in [5.41, 5.74) is 4.94. The van der Waals surface area contributed by atoms with Crippen molar-refractivity contribution in [2.24, 2.45) is 5.16 Å². The van der Waals surface area contributed by atoms with Crippen molar-refractivity contribution in [1.29, 1.82) is 0 Å². The minimum Gasteiger partial charge on any atom is -0.614 e. The van der Waals surface area contributed by atoms with Gasteiger partial charge in [0.05, 0.1) is 6.61 Å². The van der Waals surface area contributed by atoms with Gasteiger partial charge >= 0.3 is 5.97 Å². The Labute approximate surface area is 450 Å². The van der Waals surface area contributed by atoms with E-state index in [0.29, 0.717) is 22.8 Å². The number of hydrogen-bond donors (Lipinski definition) is 2. The lowest BCUT2D eigenvalue weighted by molar-refractivity contribution is -0.152. The van der Waals surface area contributed by atoms with Crippen molar-refractivity contribution in [3.05, 3.63) is 256 Å². The molecule has 378 valence electrons. The van der Waals surface area contributed by atoms with Gasteiger partial charge in [-0.1, -0.05) is 216 Å². The van der Waals surface area contributed by atoms with E-state index in [0.717, 1.165) is 39.8 Å². The van der Waals surface area contributed by atoms with Gasteiger partial charge in [-0.05, 0) is 57.0 Å². The third kappa shape index (κ3) is 9.94. The van der Waals surface area contributed by atoms with Crippen LogP contribution in [0.15, 0.2) is 216 Å². The molecule has 2 N–H and O–H groups in total. The summed E-state index contributed by atoms with van der Waals surface area (Å²) in [6.07, 6.45) is 3.35. The third-order valence-corrected chi connectivity index (χ3v) is 16.5. The number of alkyl halides is 1. The zero-order valence-corrected chi connectivity index (χ0v) is 44.0. The van der Waals surface area contributed by atoms with Gasteiger partial charge in [-0.3, -0.25) is 19.2 Å². The Hall–Kier alpha value is -7.63. The molecule has 3 atom stereocenters. The molecule has 8 aromatic rings. The summed E-state index contributed by atoms with van der Waals surface area (Å²) in [6.45, 7) is 2.00. The van der Waals surface area contributed by atoms with Crippen LogP contribution in [0.4, 0.5) is 5.13 Å². The summed E-state index contributed by atoms with van der Waals surface area (Å²) in [5, 5.41) is 17.5. The number of amides is 2. The molecule has 1 saturated heterocycles. The molecule has 13 nitrogen and oxygen atoms in total. The normalized spacial score (nSPS) is 16.7. The lowest BCUT2D eigenvalue weighted by Gasteiger charge is -2.49. The Morgan fingerprint density at radius 2 is 1.28 bits per heavy atom. The number of rotatable bonds is 20. The summed E-state index contributed by atoms with van der Waals surface area (Å²) in [5.74, 6) is -2.07. The fraction of sp³-hybridized carbons (Fsp3) is 0.186. The molecule has 75 heavy (non-hydrogen) atoms. The number of oxime groups is 1. The van der Waals surface area contributed by atoms with Crippen molar-refractivity contribution in [2.45, 2.75) is 48.9 Å². The summed E-state index contributed by atoms with van der Waals surface area (Å²) < 4.78 is 21.3. The summed E-state index contributed by atoms with van der Waals surface area (Å²) in [4.78, 5) is 54.7. The number of halogens is 1. The van der Waals surface area contributed by atoms with Gasteiger partial charge in [0.1, 0.15) is 33.9 Å². The first-order chi connectivity index (χ1) is 36.8. The van der Waals surface area contributed by atoms with Crippen LogP contribution in [0, 0.1) is 0 Å². The predicted octanol–water partition coefficient (Wildman–Crippen LogP) is 9.91. The van der Waals surface area contributed by atoms with E-state index in [9.17, 15) is 18.9 Å². The van der Waals surface area contributed by atoms with E-state index < -0.39 is 51.5 Å². The second kappa shape index (κ2) is 22.9. The average molecular weight is 1100 g/mol. The van der Waals surface area contributed by atoms with E-state index in [1.54, 1.807) is 5.38 Å². The second-order valence-electron chi connectivity index (χ2n) is 17.9. The highest BCUT2D eigenvalue weighted by molar-refractivity contribution is 9.09. The first kappa shape index (κ1) is 50.9. The molecular weight excluding hydrogens is 1050 g/mol. The van der Waals surface area contributed by atoms with Gasteiger partial charge in [-0.25, -0.2) is 9.78 Å². The van der Waals surface area contributed by atoms with Crippen LogP contribution in [0.3, 0.4) is 0 Å². The SMILES string of the molecule is CCCCOC(=O)C1=C(CBr)C[S+]([O-])[C@H]2[C@H](NC(=O)C(=NOCc3ccn(C(c4ccccc4)(c4ccccc4)c4ccccc4)n3)c3csc(NC(c4ccccc4)(c4ccccc4)c4ccccc4)n3)C(=O)N12. The van der Waals surface area contributed by atoms with Crippen LogP contribution in [0.25, 0.3) is 0 Å². The zero-order chi connectivity index (χ0) is 51.8. The number of thiazole rings is 1. The Morgan fingerprint density at radius 1 is 0.773 bits per heavy atom. The first-order valence-electron chi connectivity index (χ1n) is 24.6. The standard InChI is InChI=1S/C59H52BrN7O6S2/c1-2-3-36-72-56(70)52-41(37-60)40-75(71)55-51(54(69)67(52)55)62-53(68)50(49-39-74-57(61-49)63-58(42-22-10-4-11-23-42,43-24-12-5-13-25-43)44-26-14-6-15-27-44)65-73-38-48-34-35-66(64-48)59(45-28-16-7-17-29-45,46-30-18-8-19-31-46)47-32-20-9-21-33-47/h4-35,39,51,55H,2-3,36-38,40H2,1H3,(H,61,63)(H,62,68)/t51-,55+,75?/m1/s1. The van der Waals surface area contributed by atoms with E-state index in [1.807, 2.05) is 133 Å². The van der Waals surface area contributed by atoms with Crippen LogP contribution in [0.5, 0.6) is 0 Å². The van der Waals surface area contributed by atoms with Crippen LogP contribution in [0.1, 0.15) is 64.5 Å². The third-order valence-electron chi connectivity index (χ3n) is 13.4. The lowest BCUT2D eigenvalue weighted by atomic mass is 9.77. The van der Waals surface area contributed by atoms with Gasteiger partial charge in [0, 0.05) is 22.5 Å². The highest BCUT2D eigenvalue weighted by Gasteiger charge is 2.61. The van der Waals surface area contributed by atoms with E-state index in [1.165, 1.54) is 16.2 Å². The van der Waals surface area contributed by atoms with Crippen molar-refractivity contribution < 1.29 is 28.5 Å². The monoisotopic (exact) mass is 1100 g/mol. The lowest BCUT2D eigenvalue weighted by Crippen LogP contribution is -2.75.